The molecule has 0 radical (unpaired) electrons. The second-order valence-corrected chi connectivity index (χ2v) is 6.13. The summed E-state index contributed by atoms with van der Waals surface area (Å²) in [6, 6.07) is 14.3. The van der Waals surface area contributed by atoms with Crippen LogP contribution in [0.5, 0.6) is 0 Å². The minimum Gasteiger partial charge on any atom is -0.373 e. The predicted octanol–water partition coefficient (Wildman–Crippen LogP) is 5.19. The summed E-state index contributed by atoms with van der Waals surface area (Å²) in [6.45, 7) is 0. The van der Waals surface area contributed by atoms with Crippen molar-refractivity contribution in [2.24, 2.45) is 0 Å². The van der Waals surface area contributed by atoms with Gasteiger partial charge in [0.05, 0.1) is 10.5 Å². The van der Waals surface area contributed by atoms with Gasteiger partial charge in [0.2, 0.25) is 0 Å². The Morgan fingerprint density at radius 3 is 2.65 bits per heavy atom. The summed E-state index contributed by atoms with van der Waals surface area (Å²) in [5.41, 5.74) is 2.75. The molecule has 4 rings (SSSR count). The molecule has 128 valence electrons. The Labute approximate surface area is 154 Å². The normalized spacial score (nSPS) is 10.9. The molecule has 0 unspecified atom stereocenters. The van der Waals surface area contributed by atoms with E-state index in [0.29, 0.717) is 22.8 Å². The molecule has 0 bridgehead atoms. The molecule has 1 N–H and O–H groups in total. The van der Waals surface area contributed by atoms with E-state index in [0.717, 1.165) is 16.5 Å². The number of anilines is 1. The van der Waals surface area contributed by atoms with E-state index in [1.54, 1.807) is 31.6 Å². The zero-order valence-electron chi connectivity index (χ0n) is 13.9. The molecule has 4 aromatic rings. The van der Waals surface area contributed by atoms with Crippen LogP contribution in [0.2, 0.25) is 5.02 Å². The Balaban J connectivity index is 1.90. The molecule has 0 saturated heterocycles. The van der Waals surface area contributed by atoms with Crippen LogP contribution in [0.4, 0.5) is 10.2 Å². The van der Waals surface area contributed by atoms with E-state index < -0.39 is 5.82 Å². The highest BCUT2D eigenvalue weighted by Crippen LogP contribution is 2.32. The zero-order valence-corrected chi connectivity index (χ0v) is 14.6. The topological polar surface area (TPSA) is 50.7 Å². The quantitative estimate of drug-likeness (QED) is 0.543. The molecule has 0 aliphatic carbocycles. The van der Waals surface area contributed by atoms with Gasteiger partial charge in [-0.15, -0.1) is 0 Å². The van der Waals surface area contributed by atoms with Crippen LogP contribution < -0.4 is 5.32 Å². The van der Waals surface area contributed by atoms with Gasteiger partial charge in [-0.2, -0.15) is 0 Å². The minimum atomic E-state index is -0.438. The fraction of sp³-hybridized carbons (Fsp3) is 0.0500. The van der Waals surface area contributed by atoms with Crippen molar-refractivity contribution >= 4 is 28.3 Å². The van der Waals surface area contributed by atoms with Crippen molar-refractivity contribution in [1.82, 2.24) is 15.0 Å². The van der Waals surface area contributed by atoms with E-state index in [-0.39, 0.29) is 5.02 Å². The van der Waals surface area contributed by atoms with Crippen molar-refractivity contribution in [1.29, 1.82) is 0 Å². The third-order valence-corrected chi connectivity index (χ3v) is 4.41. The first-order valence-electron chi connectivity index (χ1n) is 8.01. The molecule has 0 atom stereocenters. The standard InChI is InChI=1S/C20H14ClFN4/c1-23-20-15-10-12(14-5-2-6-16(21)18(14)22)7-8-17(15)25-19(26-20)13-4-3-9-24-11-13/h2-11H,1H3,(H,23,25,26). The summed E-state index contributed by atoms with van der Waals surface area (Å²) >= 11 is 5.91. The molecule has 6 heteroatoms. The van der Waals surface area contributed by atoms with Crippen molar-refractivity contribution in [2.45, 2.75) is 0 Å². The molecule has 4 nitrogen and oxygen atoms in total. The Morgan fingerprint density at radius 2 is 1.88 bits per heavy atom. The first-order chi connectivity index (χ1) is 12.7. The average molecular weight is 365 g/mol. The summed E-state index contributed by atoms with van der Waals surface area (Å²) in [6.07, 6.45) is 3.42. The maximum absolute atomic E-state index is 14.4. The summed E-state index contributed by atoms with van der Waals surface area (Å²) < 4.78 is 14.4. The zero-order chi connectivity index (χ0) is 18.1. The third kappa shape index (κ3) is 2.86. The number of nitrogens with zero attached hydrogens (tertiary/aromatic N) is 3. The average Bonchev–Trinajstić information content (AvgIpc) is 2.69. The van der Waals surface area contributed by atoms with Crippen LogP contribution in [0.3, 0.4) is 0 Å². The lowest BCUT2D eigenvalue weighted by atomic mass is 10.0. The third-order valence-electron chi connectivity index (χ3n) is 4.11. The van der Waals surface area contributed by atoms with Crippen molar-refractivity contribution in [2.75, 3.05) is 12.4 Å². The highest BCUT2D eigenvalue weighted by Gasteiger charge is 2.13. The molecule has 0 fully saturated rings. The van der Waals surface area contributed by atoms with Gasteiger partial charge in [-0.25, -0.2) is 14.4 Å². The Bertz CT molecular complexity index is 1100. The number of hydrogen-bond acceptors (Lipinski definition) is 4. The van der Waals surface area contributed by atoms with Gasteiger partial charge in [-0.05, 0) is 35.9 Å². The fourth-order valence-electron chi connectivity index (χ4n) is 2.84. The van der Waals surface area contributed by atoms with Gasteiger partial charge in [0, 0.05) is 36.0 Å². The molecule has 26 heavy (non-hydrogen) atoms. The number of benzene rings is 2. The molecule has 0 amide bonds. The van der Waals surface area contributed by atoms with E-state index in [2.05, 4.69) is 20.3 Å². The number of nitrogens with one attached hydrogen (secondary N) is 1. The van der Waals surface area contributed by atoms with Gasteiger partial charge in [-0.3, -0.25) is 4.98 Å². The fourth-order valence-corrected chi connectivity index (χ4v) is 3.01. The van der Waals surface area contributed by atoms with Crippen molar-refractivity contribution in [3.05, 3.63) is 71.8 Å². The van der Waals surface area contributed by atoms with E-state index in [4.69, 9.17) is 11.6 Å². The van der Waals surface area contributed by atoms with Crippen LogP contribution in [-0.4, -0.2) is 22.0 Å². The minimum absolute atomic E-state index is 0.0969. The maximum atomic E-state index is 14.4. The van der Waals surface area contributed by atoms with E-state index >= 15 is 0 Å². The number of aromatic nitrogens is 3. The monoisotopic (exact) mass is 364 g/mol. The lowest BCUT2D eigenvalue weighted by Gasteiger charge is -2.11. The van der Waals surface area contributed by atoms with Gasteiger partial charge in [0.15, 0.2) is 5.82 Å². The number of halogens is 2. The summed E-state index contributed by atoms with van der Waals surface area (Å²) in [7, 11) is 1.79. The van der Waals surface area contributed by atoms with Crippen LogP contribution in [0.1, 0.15) is 0 Å². The second-order valence-electron chi connectivity index (χ2n) is 5.72. The number of fused-ring (bicyclic) bond motifs is 1. The van der Waals surface area contributed by atoms with Crippen LogP contribution in [0, 0.1) is 5.82 Å². The van der Waals surface area contributed by atoms with Crippen LogP contribution in [0.15, 0.2) is 60.9 Å². The second kappa shape index (κ2) is 6.69. The molecular formula is C20H14ClFN4. The Morgan fingerprint density at radius 1 is 1.00 bits per heavy atom. The summed E-state index contributed by atoms with van der Waals surface area (Å²) in [4.78, 5) is 13.3. The van der Waals surface area contributed by atoms with Crippen molar-refractivity contribution in [3.8, 4) is 22.5 Å². The molecular weight excluding hydrogens is 351 g/mol. The molecule has 2 aromatic heterocycles. The molecule has 0 spiro atoms. The molecule has 2 aromatic carbocycles. The number of rotatable bonds is 3. The molecule has 0 aliphatic heterocycles. The van der Waals surface area contributed by atoms with E-state index in [1.165, 1.54) is 6.07 Å². The lowest BCUT2D eigenvalue weighted by Crippen LogP contribution is -1.99. The number of pyridine rings is 1. The van der Waals surface area contributed by atoms with Gasteiger partial charge >= 0.3 is 0 Å². The lowest BCUT2D eigenvalue weighted by molar-refractivity contribution is 0.632. The van der Waals surface area contributed by atoms with E-state index in [1.807, 2.05) is 30.3 Å². The van der Waals surface area contributed by atoms with Crippen molar-refractivity contribution < 1.29 is 4.39 Å². The molecule has 0 aliphatic rings. The Hall–Kier alpha value is -3.05. The van der Waals surface area contributed by atoms with Gasteiger partial charge in [0.1, 0.15) is 11.6 Å². The van der Waals surface area contributed by atoms with Crippen LogP contribution >= 0.6 is 11.6 Å². The first kappa shape index (κ1) is 16.4. The number of hydrogen-bond donors (Lipinski definition) is 1. The smallest absolute Gasteiger partial charge is 0.163 e. The van der Waals surface area contributed by atoms with Crippen LogP contribution in [0.25, 0.3) is 33.4 Å². The Kier molecular flexibility index (Phi) is 4.22. The highest BCUT2D eigenvalue weighted by molar-refractivity contribution is 6.31. The maximum Gasteiger partial charge on any atom is 0.163 e. The van der Waals surface area contributed by atoms with E-state index in [9.17, 15) is 4.39 Å². The summed E-state index contributed by atoms with van der Waals surface area (Å²) in [5, 5.41) is 3.99. The van der Waals surface area contributed by atoms with Gasteiger partial charge in [0.25, 0.3) is 0 Å². The molecule has 2 heterocycles. The van der Waals surface area contributed by atoms with Gasteiger partial charge < -0.3 is 5.32 Å². The largest absolute Gasteiger partial charge is 0.373 e. The van der Waals surface area contributed by atoms with Crippen molar-refractivity contribution in [3.63, 3.8) is 0 Å². The first-order valence-corrected chi connectivity index (χ1v) is 8.39. The molecule has 0 saturated carbocycles. The predicted molar refractivity (Wildman–Crippen MR) is 103 cm³/mol. The van der Waals surface area contributed by atoms with Crippen LogP contribution in [-0.2, 0) is 0 Å². The van der Waals surface area contributed by atoms with Gasteiger partial charge in [-0.1, -0.05) is 29.8 Å². The SMILES string of the molecule is CNc1nc(-c2cccnc2)nc2ccc(-c3cccc(Cl)c3F)cc12. The summed E-state index contributed by atoms with van der Waals surface area (Å²) in [5.74, 6) is 0.808. The highest BCUT2D eigenvalue weighted by atomic mass is 35.5.